The maximum atomic E-state index is 7.04. The van der Waals surface area contributed by atoms with Crippen molar-refractivity contribution in [3.63, 3.8) is 0 Å². The van der Waals surface area contributed by atoms with Crippen molar-refractivity contribution in [2.24, 2.45) is 5.92 Å². The number of rotatable bonds is 8. The molecule has 2 unspecified atom stereocenters. The molecule has 0 fully saturated rings. The fourth-order valence-electron chi connectivity index (χ4n) is 14.3. The number of hydrogen-bond acceptors (Lipinski definition) is 3. The normalized spacial score (nSPS) is 17.8. The third-order valence-corrected chi connectivity index (χ3v) is 18.9. The molecule has 400 valence electrons. The van der Waals surface area contributed by atoms with Crippen LogP contribution in [0.5, 0.6) is 11.5 Å². The molecular formula is C80H64N2O. The summed E-state index contributed by atoms with van der Waals surface area (Å²) >= 11 is 0. The van der Waals surface area contributed by atoms with Crippen LogP contribution in [0.25, 0.3) is 44.5 Å². The third kappa shape index (κ3) is 7.93. The van der Waals surface area contributed by atoms with Crippen molar-refractivity contribution in [1.82, 2.24) is 0 Å². The molecule has 0 radical (unpaired) electrons. The molecule has 2 atom stereocenters. The van der Waals surface area contributed by atoms with Crippen molar-refractivity contribution in [2.45, 2.75) is 57.3 Å². The lowest BCUT2D eigenvalue weighted by Crippen LogP contribution is -2.32. The van der Waals surface area contributed by atoms with Gasteiger partial charge in [-0.25, -0.2) is 0 Å². The zero-order valence-corrected chi connectivity index (χ0v) is 47.6. The molecule has 0 aromatic heterocycles. The molecule has 0 N–H and O–H groups in total. The first-order chi connectivity index (χ1) is 40.6. The molecule has 0 bridgehead atoms. The largest absolute Gasteiger partial charge is 0.457 e. The van der Waals surface area contributed by atoms with Crippen LogP contribution in [0.2, 0.25) is 0 Å². The van der Waals surface area contributed by atoms with Crippen LogP contribution < -0.4 is 14.5 Å². The zero-order chi connectivity index (χ0) is 56.0. The Morgan fingerprint density at radius 3 is 1.69 bits per heavy atom. The van der Waals surface area contributed by atoms with Crippen LogP contribution in [0.15, 0.2) is 279 Å². The number of benzene rings is 11. The Kier molecular flexibility index (Phi) is 11.8. The van der Waals surface area contributed by atoms with Crippen LogP contribution in [0.3, 0.4) is 0 Å². The molecule has 0 amide bonds. The Balaban J connectivity index is 0.886. The highest BCUT2D eigenvalue weighted by atomic mass is 16.5. The summed E-state index contributed by atoms with van der Waals surface area (Å²) < 4.78 is 7.04. The number of anilines is 6. The van der Waals surface area contributed by atoms with Gasteiger partial charge in [-0.1, -0.05) is 229 Å². The van der Waals surface area contributed by atoms with E-state index in [1.807, 2.05) is 0 Å². The van der Waals surface area contributed by atoms with Crippen LogP contribution in [-0.4, -0.2) is 0 Å². The van der Waals surface area contributed by atoms with Gasteiger partial charge in [0.1, 0.15) is 11.5 Å². The summed E-state index contributed by atoms with van der Waals surface area (Å²) in [6.07, 6.45) is 9.93. The average Bonchev–Trinajstić information content (AvgIpc) is 1.75. The highest BCUT2D eigenvalue weighted by Crippen LogP contribution is 2.65. The van der Waals surface area contributed by atoms with Crippen LogP contribution in [0, 0.1) is 5.92 Å². The number of ether oxygens (including phenoxy) is 1. The van der Waals surface area contributed by atoms with Gasteiger partial charge in [0.05, 0.1) is 11.1 Å². The number of allylic oxidation sites excluding steroid dienone is 4. The highest BCUT2D eigenvalue weighted by Gasteiger charge is 2.52. The maximum Gasteiger partial charge on any atom is 0.132 e. The molecule has 1 spiro atoms. The van der Waals surface area contributed by atoms with Gasteiger partial charge < -0.3 is 14.5 Å². The van der Waals surface area contributed by atoms with Gasteiger partial charge >= 0.3 is 0 Å². The number of nitrogens with zero attached hydrogens (tertiary/aromatic N) is 2. The fourth-order valence-corrected chi connectivity index (χ4v) is 14.3. The molecule has 83 heavy (non-hydrogen) atoms. The van der Waals surface area contributed by atoms with Crippen LogP contribution in [0.1, 0.15) is 79.1 Å². The summed E-state index contributed by atoms with van der Waals surface area (Å²) in [5.41, 5.74) is 25.6. The van der Waals surface area contributed by atoms with E-state index in [0.29, 0.717) is 5.92 Å². The van der Waals surface area contributed by atoms with Gasteiger partial charge in [-0.15, -0.1) is 0 Å². The monoisotopic (exact) mass is 1070 g/mol. The van der Waals surface area contributed by atoms with E-state index in [0.717, 1.165) is 74.3 Å². The summed E-state index contributed by atoms with van der Waals surface area (Å²) in [6.45, 7) is 11.9. The van der Waals surface area contributed by atoms with Gasteiger partial charge in [0.2, 0.25) is 0 Å². The van der Waals surface area contributed by atoms with Crippen molar-refractivity contribution in [1.29, 1.82) is 0 Å². The van der Waals surface area contributed by atoms with E-state index in [1.165, 1.54) is 66.8 Å². The Morgan fingerprint density at radius 1 is 0.373 bits per heavy atom. The van der Waals surface area contributed by atoms with Gasteiger partial charge in [-0.2, -0.15) is 0 Å². The lowest BCUT2D eigenvalue weighted by molar-refractivity contribution is 0.407. The quantitative estimate of drug-likeness (QED) is 0.151. The molecule has 1 heterocycles. The topological polar surface area (TPSA) is 15.7 Å². The zero-order valence-electron chi connectivity index (χ0n) is 47.6. The average molecular weight is 1070 g/mol. The summed E-state index contributed by atoms with van der Waals surface area (Å²) in [5, 5.41) is 0. The van der Waals surface area contributed by atoms with Gasteiger partial charge in [0.25, 0.3) is 0 Å². The molecule has 3 nitrogen and oxygen atoms in total. The van der Waals surface area contributed by atoms with E-state index < -0.39 is 5.41 Å². The minimum atomic E-state index is -0.712. The van der Waals surface area contributed by atoms with E-state index in [2.05, 4.69) is 324 Å². The van der Waals surface area contributed by atoms with Crippen LogP contribution in [0.4, 0.5) is 34.1 Å². The Morgan fingerprint density at radius 2 is 0.916 bits per heavy atom. The summed E-state index contributed by atoms with van der Waals surface area (Å²) in [4.78, 5) is 4.92. The van der Waals surface area contributed by atoms with Crippen LogP contribution >= 0.6 is 0 Å². The van der Waals surface area contributed by atoms with Crippen LogP contribution in [-0.2, 0) is 22.7 Å². The van der Waals surface area contributed by atoms with Crippen molar-refractivity contribution in [3.8, 4) is 56.0 Å². The number of fused-ring (bicyclic) bond motifs is 13. The van der Waals surface area contributed by atoms with E-state index in [9.17, 15) is 0 Å². The molecule has 15 rings (SSSR count). The molecule has 3 heteroatoms. The first kappa shape index (κ1) is 50.3. The molecular weight excluding hydrogens is 1000 g/mol. The van der Waals surface area contributed by atoms with Gasteiger partial charge in [-0.3, -0.25) is 0 Å². The predicted octanol–water partition coefficient (Wildman–Crippen LogP) is 21.3. The smallest absolute Gasteiger partial charge is 0.132 e. The lowest BCUT2D eigenvalue weighted by Gasteiger charge is -2.40. The minimum absolute atomic E-state index is 0.0718. The molecule has 3 aliphatic carbocycles. The third-order valence-electron chi connectivity index (χ3n) is 18.9. The lowest BCUT2D eigenvalue weighted by atomic mass is 9.65. The molecule has 11 aromatic carbocycles. The molecule has 0 saturated heterocycles. The summed E-state index contributed by atoms with van der Waals surface area (Å²) in [7, 11) is 0. The van der Waals surface area contributed by atoms with E-state index in [-0.39, 0.29) is 10.8 Å². The Bertz CT molecular complexity index is 4400. The fraction of sp³-hybridized carbons (Fsp3) is 0.125. The summed E-state index contributed by atoms with van der Waals surface area (Å²) in [6, 6.07) is 94.6. The van der Waals surface area contributed by atoms with Gasteiger partial charge in [0.15, 0.2) is 0 Å². The number of para-hydroxylation sites is 2. The molecule has 11 aromatic rings. The maximum absolute atomic E-state index is 7.04. The van der Waals surface area contributed by atoms with Gasteiger partial charge in [-0.05, 0) is 175 Å². The van der Waals surface area contributed by atoms with Crippen molar-refractivity contribution >= 4 is 34.1 Å². The minimum Gasteiger partial charge on any atom is -0.457 e. The Labute approximate surface area is 488 Å². The van der Waals surface area contributed by atoms with Crippen molar-refractivity contribution < 1.29 is 4.74 Å². The number of hydrogen-bond donors (Lipinski definition) is 0. The second-order valence-corrected chi connectivity index (χ2v) is 24.0. The standard InChI is InChI=1S/C80H64N2O/c1-53-22-9-6-12-25-57-40-46-62(51-71(57)78(53,2)3)81(59-26-13-8-14-27-59)60-42-38-56(39-43-60)58-41-49-76-73(50-58)80(69-32-19-20-35-75(69)83-76)68-31-18-16-29-66(68)77-70(80)33-21-34-74(77)82(61-44-36-55(37-45-61)54-23-10-7-11-24-54)63-47-48-65-64-28-15-17-30-67(64)79(4,5)72(65)52-63/h6-24,26-53H,25H2,1-5H3/b12-6-,22-9-. The van der Waals surface area contributed by atoms with E-state index >= 15 is 0 Å². The second-order valence-electron chi connectivity index (χ2n) is 24.0. The van der Waals surface area contributed by atoms with E-state index in [4.69, 9.17) is 4.74 Å². The first-order valence-electron chi connectivity index (χ1n) is 29.4. The first-order valence-corrected chi connectivity index (χ1v) is 29.4. The highest BCUT2D eigenvalue weighted by molar-refractivity contribution is 5.99. The Hall–Kier alpha value is -9.70. The molecule has 4 aliphatic rings. The van der Waals surface area contributed by atoms with E-state index in [1.54, 1.807) is 0 Å². The second kappa shape index (κ2) is 19.5. The van der Waals surface area contributed by atoms with Crippen molar-refractivity contribution in [3.05, 3.63) is 324 Å². The SMILES string of the molecule is CC1/C=C\C=C/Cc2ccc(N(c3ccccc3)c3ccc(-c4ccc5c(c4)C4(c6ccccc6O5)c5ccccc5-c5c(N(c6ccc(-c7ccccc7)cc6)c6ccc7c(c6)C(C)(C)c6ccccc6-7)cccc54)cc3)cc2C1(C)C. The predicted molar refractivity (Wildman–Crippen MR) is 346 cm³/mol. The summed E-state index contributed by atoms with van der Waals surface area (Å²) in [5.74, 6) is 2.08. The molecule has 0 saturated carbocycles. The van der Waals surface area contributed by atoms with Crippen molar-refractivity contribution in [2.75, 3.05) is 9.80 Å². The molecule has 1 aliphatic heterocycles. The van der Waals surface area contributed by atoms with Gasteiger partial charge in [0, 0.05) is 50.5 Å².